The highest BCUT2D eigenvalue weighted by Crippen LogP contribution is 2.33. The summed E-state index contributed by atoms with van der Waals surface area (Å²) in [6.07, 6.45) is 0. The molecule has 0 saturated carbocycles. The highest BCUT2D eigenvalue weighted by atomic mass is 79.9. The maximum absolute atomic E-state index is 12.5. The van der Waals surface area contributed by atoms with E-state index in [1.165, 1.54) is 12.1 Å². The predicted octanol–water partition coefficient (Wildman–Crippen LogP) is 3.06. The molecule has 0 fully saturated rings. The molecule has 0 aliphatic carbocycles. The lowest BCUT2D eigenvalue weighted by atomic mass is 10.3. The number of aromatic hydroxyl groups is 1. The Morgan fingerprint density at radius 3 is 2.40 bits per heavy atom. The standard InChI is InChI=1S/C6H3Br2FO/c7-3-1-2-4(9)6(10)5(3)8/h1-2,10H. The van der Waals surface area contributed by atoms with Gasteiger partial charge in [0.1, 0.15) is 0 Å². The van der Waals surface area contributed by atoms with Crippen molar-refractivity contribution < 1.29 is 9.50 Å². The van der Waals surface area contributed by atoms with Gasteiger partial charge in [0.15, 0.2) is 11.6 Å². The second-order valence-electron chi connectivity index (χ2n) is 1.69. The minimum Gasteiger partial charge on any atom is -0.504 e. The zero-order valence-electron chi connectivity index (χ0n) is 4.74. The molecule has 1 nitrogen and oxygen atoms in total. The molecule has 1 aromatic carbocycles. The van der Waals surface area contributed by atoms with E-state index in [1.807, 2.05) is 0 Å². The molecule has 0 aromatic heterocycles. The number of phenolic OH excluding ortho intramolecular Hbond substituents is 1. The molecular formula is C6H3Br2FO. The summed E-state index contributed by atoms with van der Waals surface area (Å²) in [7, 11) is 0. The predicted molar refractivity (Wildman–Crippen MR) is 43.5 cm³/mol. The third-order valence-electron chi connectivity index (χ3n) is 1.02. The Hall–Kier alpha value is -0.0900. The Labute approximate surface area is 74.1 Å². The first-order valence-electron chi connectivity index (χ1n) is 2.45. The SMILES string of the molecule is Oc1c(F)ccc(Br)c1Br. The normalized spacial score (nSPS) is 9.90. The molecule has 0 amide bonds. The summed E-state index contributed by atoms with van der Waals surface area (Å²) in [5.41, 5.74) is 0. The molecule has 1 N–H and O–H groups in total. The average molecular weight is 270 g/mol. The number of hydrogen-bond acceptors (Lipinski definition) is 1. The average Bonchev–Trinajstić information content (AvgIpc) is 1.93. The Morgan fingerprint density at radius 2 is 1.90 bits per heavy atom. The van der Waals surface area contributed by atoms with Crippen LogP contribution in [0.5, 0.6) is 5.75 Å². The fraction of sp³-hybridized carbons (Fsp3) is 0. The summed E-state index contributed by atoms with van der Waals surface area (Å²) in [4.78, 5) is 0. The molecule has 0 aliphatic heterocycles. The topological polar surface area (TPSA) is 20.2 Å². The van der Waals surface area contributed by atoms with Gasteiger partial charge in [-0.25, -0.2) is 4.39 Å². The molecule has 1 aromatic rings. The largest absolute Gasteiger partial charge is 0.504 e. The maximum Gasteiger partial charge on any atom is 0.166 e. The third kappa shape index (κ3) is 1.32. The summed E-state index contributed by atoms with van der Waals surface area (Å²) in [5.74, 6) is -0.996. The van der Waals surface area contributed by atoms with Crippen molar-refractivity contribution >= 4 is 31.9 Å². The zero-order chi connectivity index (χ0) is 7.72. The Bertz CT molecular complexity index is 235. The van der Waals surface area contributed by atoms with E-state index in [2.05, 4.69) is 31.9 Å². The summed E-state index contributed by atoms with van der Waals surface area (Å²) in [6, 6.07) is 2.70. The Kier molecular flexibility index (Phi) is 2.31. The minimum absolute atomic E-state index is 0.340. The quantitative estimate of drug-likeness (QED) is 0.718. The molecule has 54 valence electrons. The molecule has 10 heavy (non-hydrogen) atoms. The Balaban J connectivity index is 3.34. The third-order valence-corrected chi connectivity index (χ3v) is 3.02. The molecule has 1 rings (SSSR count). The smallest absolute Gasteiger partial charge is 0.166 e. The molecule has 0 atom stereocenters. The molecule has 0 saturated heterocycles. The first kappa shape index (κ1) is 8.01. The lowest BCUT2D eigenvalue weighted by Crippen LogP contribution is -1.77. The van der Waals surface area contributed by atoms with Crippen molar-refractivity contribution in [3.63, 3.8) is 0 Å². The van der Waals surface area contributed by atoms with Crippen LogP contribution < -0.4 is 0 Å². The van der Waals surface area contributed by atoms with Gasteiger partial charge in [0.25, 0.3) is 0 Å². The van der Waals surface area contributed by atoms with Gasteiger partial charge < -0.3 is 5.11 Å². The van der Waals surface area contributed by atoms with Gasteiger partial charge >= 0.3 is 0 Å². The van der Waals surface area contributed by atoms with Gasteiger partial charge in [-0.05, 0) is 44.0 Å². The molecule has 0 radical (unpaired) electrons. The lowest BCUT2D eigenvalue weighted by Gasteiger charge is -1.98. The van der Waals surface area contributed by atoms with Crippen LogP contribution in [0, 0.1) is 5.82 Å². The fourth-order valence-corrected chi connectivity index (χ4v) is 1.16. The van der Waals surface area contributed by atoms with Gasteiger partial charge in [-0.1, -0.05) is 0 Å². The van der Waals surface area contributed by atoms with Crippen LogP contribution in [-0.2, 0) is 0 Å². The maximum atomic E-state index is 12.5. The van der Waals surface area contributed by atoms with Crippen LogP contribution in [0.15, 0.2) is 21.1 Å². The molecule has 0 bridgehead atoms. The summed E-state index contributed by atoms with van der Waals surface area (Å²) in [5, 5.41) is 8.94. The van der Waals surface area contributed by atoms with Crippen molar-refractivity contribution in [3.8, 4) is 5.75 Å². The van der Waals surface area contributed by atoms with Crippen molar-refractivity contribution in [1.82, 2.24) is 0 Å². The molecule has 0 unspecified atom stereocenters. The van der Waals surface area contributed by atoms with E-state index in [1.54, 1.807) is 0 Å². The van der Waals surface area contributed by atoms with Crippen molar-refractivity contribution in [2.45, 2.75) is 0 Å². The van der Waals surface area contributed by atoms with Crippen LogP contribution in [0.2, 0.25) is 0 Å². The second-order valence-corrected chi connectivity index (χ2v) is 3.34. The molecule has 0 heterocycles. The van der Waals surface area contributed by atoms with Crippen molar-refractivity contribution in [2.24, 2.45) is 0 Å². The summed E-state index contributed by atoms with van der Waals surface area (Å²) < 4.78 is 13.4. The van der Waals surface area contributed by atoms with Gasteiger partial charge in [0, 0.05) is 4.47 Å². The number of rotatable bonds is 0. The van der Waals surface area contributed by atoms with Gasteiger partial charge in [-0.3, -0.25) is 0 Å². The van der Waals surface area contributed by atoms with Crippen molar-refractivity contribution in [2.75, 3.05) is 0 Å². The number of hydrogen-bond donors (Lipinski definition) is 1. The van der Waals surface area contributed by atoms with E-state index in [0.717, 1.165) is 0 Å². The van der Waals surface area contributed by atoms with E-state index in [0.29, 0.717) is 8.95 Å². The van der Waals surface area contributed by atoms with Crippen LogP contribution in [0.4, 0.5) is 4.39 Å². The van der Waals surface area contributed by atoms with Gasteiger partial charge in [0.05, 0.1) is 4.47 Å². The molecular weight excluding hydrogens is 267 g/mol. The molecule has 4 heteroatoms. The van der Waals surface area contributed by atoms with Gasteiger partial charge in [-0.15, -0.1) is 0 Å². The van der Waals surface area contributed by atoms with Gasteiger partial charge in [-0.2, -0.15) is 0 Å². The number of phenols is 1. The number of halogens is 3. The number of benzene rings is 1. The first-order chi connectivity index (χ1) is 4.63. The van der Waals surface area contributed by atoms with E-state index < -0.39 is 5.82 Å². The summed E-state index contributed by atoms with van der Waals surface area (Å²) >= 11 is 6.10. The fourth-order valence-electron chi connectivity index (χ4n) is 0.516. The van der Waals surface area contributed by atoms with Crippen LogP contribution >= 0.6 is 31.9 Å². The van der Waals surface area contributed by atoms with Crippen LogP contribution in [-0.4, -0.2) is 5.11 Å². The van der Waals surface area contributed by atoms with E-state index >= 15 is 0 Å². The van der Waals surface area contributed by atoms with Crippen LogP contribution in [0.1, 0.15) is 0 Å². The molecule has 0 spiro atoms. The summed E-state index contributed by atoms with van der Waals surface area (Å²) in [6.45, 7) is 0. The Morgan fingerprint density at radius 1 is 1.30 bits per heavy atom. The van der Waals surface area contributed by atoms with Crippen molar-refractivity contribution in [1.29, 1.82) is 0 Å². The minimum atomic E-state index is -0.630. The van der Waals surface area contributed by atoms with Crippen LogP contribution in [0.3, 0.4) is 0 Å². The highest BCUT2D eigenvalue weighted by Gasteiger charge is 2.06. The van der Waals surface area contributed by atoms with Gasteiger partial charge in [0.2, 0.25) is 0 Å². The molecule has 0 aliphatic rings. The first-order valence-corrected chi connectivity index (χ1v) is 4.04. The zero-order valence-corrected chi connectivity index (χ0v) is 7.91. The van der Waals surface area contributed by atoms with E-state index in [4.69, 9.17) is 5.11 Å². The van der Waals surface area contributed by atoms with Crippen LogP contribution in [0.25, 0.3) is 0 Å². The van der Waals surface area contributed by atoms with E-state index in [-0.39, 0.29) is 5.75 Å². The second kappa shape index (κ2) is 2.88. The monoisotopic (exact) mass is 268 g/mol. The van der Waals surface area contributed by atoms with Crippen molar-refractivity contribution in [3.05, 3.63) is 26.9 Å². The lowest BCUT2D eigenvalue weighted by molar-refractivity contribution is 0.428. The highest BCUT2D eigenvalue weighted by molar-refractivity contribution is 9.13. The van der Waals surface area contributed by atoms with E-state index in [9.17, 15) is 4.39 Å².